The first kappa shape index (κ1) is 16.5. The summed E-state index contributed by atoms with van der Waals surface area (Å²) in [5.41, 5.74) is 6.12. The highest BCUT2D eigenvalue weighted by Gasteiger charge is 2.17. The van der Waals surface area contributed by atoms with Gasteiger partial charge in [0, 0.05) is 6.54 Å². The van der Waals surface area contributed by atoms with Crippen LogP contribution >= 0.6 is 0 Å². The van der Waals surface area contributed by atoms with E-state index in [0.29, 0.717) is 12.2 Å². The van der Waals surface area contributed by atoms with E-state index < -0.39 is 17.9 Å². The van der Waals surface area contributed by atoms with E-state index in [2.05, 4.69) is 10.6 Å². The number of amides is 3. The van der Waals surface area contributed by atoms with E-state index in [0.717, 1.165) is 5.56 Å². The number of carbonyl (C=O) groups is 2. The Labute approximate surface area is 132 Å². The molecule has 0 radical (unpaired) electrons. The first-order valence-corrected chi connectivity index (χ1v) is 7.12. The Hall–Kier alpha value is -2.83. The quantitative estimate of drug-likeness (QED) is 0.722. The van der Waals surface area contributed by atoms with Gasteiger partial charge in [0.1, 0.15) is 11.6 Å². The van der Waals surface area contributed by atoms with Crippen molar-refractivity contribution in [1.29, 1.82) is 0 Å². The van der Waals surface area contributed by atoms with Gasteiger partial charge in [0.05, 0.1) is 18.7 Å². The van der Waals surface area contributed by atoms with E-state index in [4.69, 9.17) is 10.2 Å². The van der Waals surface area contributed by atoms with Crippen LogP contribution in [0.15, 0.2) is 47.1 Å². The highest BCUT2D eigenvalue weighted by molar-refractivity contribution is 5.79. The van der Waals surface area contributed by atoms with Crippen LogP contribution in [0.3, 0.4) is 0 Å². The number of nitrogens with one attached hydrogen (secondary N) is 2. The lowest BCUT2D eigenvalue weighted by molar-refractivity contribution is -0.121. The van der Waals surface area contributed by atoms with Crippen LogP contribution in [-0.2, 0) is 17.8 Å². The maximum absolute atomic E-state index is 12.9. The summed E-state index contributed by atoms with van der Waals surface area (Å²) in [6.07, 6.45) is 1.84. The summed E-state index contributed by atoms with van der Waals surface area (Å²) in [6, 6.07) is 8.84. The van der Waals surface area contributed by atoms with Crippen molar-refractivity contribution >= 4 is 11.9 Å². The number of hydrogen-bond donors (Lipinski definition) is 3. The fourth-order valence-corrected chi connectivity index (χ4v) is 2.04. The molecule has 4 N–H and O–H groups in total. The number of primary amides is 1. The minimum atomic E-state index is -0.574. The molecule has 1 heterocycles. The molecule has 0 saturated carbocycles. The molecule has 1 unspecified atom stereocenters. The van der Waals surface area contributed by atoms with Crippen molar-refractivity contribution in [1.82, 2.24) is 10.6 Å². The van der Waals surface area contributed by atoms with Gasteiger partial charge in [0.2, 0.25) is 5.91 Å². The third-order valence-corrected chi connectivity index (χ3v) is 3.31. The molecule has 1 aromatic heterocycles. The van der Waals surface area contributed by atoms with Crippen molar-refractivity contribution in [3.63, 3.8) is 0 Å². The van der Waals surface area contributed by atoms with E-state index in [-0.39, 0.29) is 18.9 Å². The molecule has 6 nitrogen and oxygen atoms in total. The molecular formula is C16H18FN3O3. The van der Waals surface area contributed by atoms with Crippen LogP contribution in [-0.4, -0.2) is 18.5 Å². The summed E-state index contributed by atoms with van der Waals surface area (Å²) < 4.78 is 18.0. The van der Waals surface area contributed by atoms with Gasteiger partial charge in [-0.2, -0.15) is 0 Å². The maximum Gasteiger partial charge on any atom is 0.315 e. The normalized spacial score (nSPS) is 11.7. The highest BCUT2D eigenvalue weighted by Crippen LogP contribution is 2.09. The molecule has 7 heteroatoms. The molecular weight excluding hydrogens is 301 g/mol. The first-order chi connectivity index (χ1) is 11.0. The average molecular weight is 319 g/mol. The lowest BCUT2D eigenvalue weighted by atomic mass is 9.98. The average Bonchev–Trinajstić information content (AvgIpc) is 3.04. The second kappa shape index (κ2) is 7.98. The van der Waals surface area contributed by atoms with Crippen LogP contribution in [0.25, 0.3) is 0 Å². The largest absolute Gasteiger partial charge is 0.467 e. The van der Waals surface area contributed by atoms with Crippen molar-refractivity contribution in [2.24, 2.45) is 11.7 Å². The molecule has 1 atom stereocenters. The van der Waals surface area contributed by atoms with Gasteiger partial charge in [-0.1, -0.05) is 12.1 Å². The predicted octanol–water partition coefficient (Wildman–Crippen LogP) is 1.56. The number of hydrogen-bond acceptors (Lipinski definition) is 3. The van der Waals surface area contributed by atoms with Crippen molar-refractivity contribution in [2.45, 2.75) is 13.0 Å². The van der Waals surface area contributed by atoms with Crippen molar-refractivity contribution in [2.75, 3.05) is 6.54 Å². The number of rotatable bonds is 7. The van der Waals surface area contributed by atoms with E-state index >= 15 is 0 Å². The van der Waals surface area contributed by atoms with Crippen molar-refractivity contribution < 1.29 is 18.4 Å². The Bertz CT molecular complexity index is 641. The summed E-state index contributed by atoms with van der Waals surface area (Å²) in [4.78, 5) is 23.2. The first-order valence-electron chi connectivity index (χ1n) is 7.12. The summed E-state index contributed by atoms with van der Waals surface area (Å²) >= 11 is 0. The monoisotopic (exact) mass is 319 g/mol. The minimum Gasteiger partial charge on any atom is -0.467 e. The number of carbonyl (C=O) groups excluding carboxylic acids is 2. The van der Waals surface area contributed by atoms with Gasteiger partial charge in [0.15, 0.2) is 0 Å². The summed E-state index contributed by atoms with van der Waals surface area (Å²) in [6.45, 7) is 0.342. The van der Waals surface area contributed by atoms with Gasteiger partial charge in [0.25, 0.3) is 0 Å². The Balaban J connectivity index is 1.80. The molecule has 23 heavy (non-hydrogen) atoms. The van der Waals surface area contributed by atoms with E-state index in [1.807, 2.05) is 0 Å². The Morgan fingerprint density at radius 2 is 1.91 bits per heavy atom. The molecule has 0 aliphatic heterocycles. The molecule has 122 valence electrons. The zero-order chi connectivity index (χ0) is 16.7. The zero-order valence-electron chi connectivity index (χ0n) is 12.4. The van der Waals surface area contributed by atoms with Gasteiger partial charge >= 0.3 is 6.03 Å². The molecule has 2 aromatic rings. The van der Waals surface area contributed by atoms with E-state index in [1.54, 1.807) is 24.3 Å². The summed E-state index contributed by atoms with van der Waals surface area (Å²) in [5.74, 6) is -0.826. The van der Waals surface area contributed by atoms with Crippen molar-refractivity contribution in [3.05, 3.63) is 59.8 Å². The Morgan fingerprint density at radius 1 is 1.17 bits per heavy atom. The van der Waals surface area contributed by atoms with Gasteiger partial charge < -0.3 is 20.8 Å². The number of benzene rings is 1. The molecule has 3 amide bonds. The molecule has 0 fully saturated rings. The van der Waals surface area contributed by atoms with E-state index in [1.165, 1.54) is 18.4 Å². The second-order valence-corrected chi connectivity index (χ2v) is 5.07. The highest BCUT2D eigenvalue weighted by atomic mass is 19.1. The van der Waals surface area contributed by atoms with Gasteiger partial charge in [-0.25, -0.2) is 9.18 Å². The molecule has 0 saturated heterocycles. The summed E-state index contributed by atoms with van der Waals surface area (Å²) in [7, 11) is 0. The molecule has 0 spiro atoms. The van der Waals surface area contributed by atoms with Gasteiger partial charge in [-0.05, 0) is 36.2 Å². The Morgan fingerprint density at radius 3 is 2.52 bits per heavy atom. The predicted molar refractivity (Wildman–Crippen MR) is 81.7 cm³/mol. The number of urea groups is 1. The lowest BCUT2D eigenvalue weighted by Crippen LogP contribution is -2.41. The molecule has 0 aliphatic rings. The lowest BCUT2D eigenvalue weighted by Gasteiger charge is -2.14. The SMILES string of the molecule is NC(=O)C(CNC(=O)NCc1ccco1)Cc1ccc(F)cc1. The van der Waals surface area contributed by atoms with Gasteiger partial charge in [-0.3, -0.25) is 4.79 Å². The van der Waals surface area contributed by atoms with Gasteiger partial charge in [-0.15, -0.1) is 0 Å². The fourth-order valence-electron chi connectivity index (χ4n) is 2.04. The third kappa shape index (κ3) is 5.46. The molecule has 0 aliphatic carbocycles. The molecule has 1 aromatic carbocycles. The number of furan rings is 1. The van der Waals surface area contributed by atoms with Crippen LogP contribution in [0, 0.1) is 11.7 Å². The topological polar surface area (TPSA) is 97.4 Å². The molecule has 0 bridgehead atoms. The summed E-state index contributed by atoms with van der Waals surface area (Å²) in [5, 5.41) is 5.20. The van der Waals surface area contributed by atoms with Crippen LogP contribution in [0.5, 0.6) is 0 Å². The second-order valence-electron chi connectivity index (χ2n) is 5.07. The fraction of sp³-hybridized carbons (Fsp3) is 0.250. The smallest absolute Gasteiger partial charge is 0.315 e. The van der Waals surface area contributed by atoms with Crippen LogP contribution in [0.4, 0.5) is 9.18 Å². The van der Waals surface area contributed by atoms with Crippen LogP contribution in [0.2, 0.25) is 0 Å². The van der Waals surface area contributed by atoms with Crippen molar-refractivity contribution in [3.8, 4) is 0 Å². The number of nitrogens with two attached hydrogens (primary N) is 1. The Kier molecular flexibility index (Phi) is 5.74. The minimum absolute atomic E-state index is 0.0939. The standard InChI is InChI=1S/C16H18FN3O3/c17-13-5-3-11(4-6-13)8-12(15(18)21)9-19-16(22)20-10-14-2-1-7-23-14/h1-7,12H,8-10H2,(H2,18,21)(H2,19,20,22). The van der Waals surface area contributed by atoms with E-state index in [9.17, 15) is 14.0 Å². The third-order valence-electron chi connectivity index (χ3n) is 3.31. The van der Waals surface area contributed by atoms with Crippen LogP contribution in [0.1, 0.15) is 11.3 Å². The van der Waals surface area contributed by atoms with Crippen LogP contribution < -0.4 is 16.4 Å². The number of halogens is 1. The zero-order valence-corrected chi connectivity index (χ0v) is 12.4. The maximum atomic E-state index is 12.9. The molecule has 2 rings (SSSR count).